The van der Waals surface area contributed by atoms with E-state index in [1.54, 1.807) is 25.3 Å². The van der Waals surface area contributed by atoms with E-state index in [-0.39, 0.29) is 42.6 Å². The van der Waals surface area contributed by atoms with Crippen LogP contribution in [0.25, 0.3) is 0 Å². The molecule has 2 aliphatic heterocycles. The number of hydrogen-bond acceptors (Lipinski definition) is 7. The average Bonchev–Trinajstić information content (AvgIpc) is 3.44. The Morgan fingerprint density at radius 1 is 1.17 bits per heavy atom. The van der Waals surface area contributed by atoms with Crippen molar-refractivity contribution in [2.45, 2.75) is 64.1 Å². The number of nitrogens with one attached hydrogen (secondary N) is 1. The molecule has 1 saturated carbocycles. The van der Waals surface area contributed by atoms with Crippen LogP contribution in [-0.2, 0) is 16.1 Å². The summed E-state index contributed by atoms with van der Waals surface area (Å²) in [6.07, 6.45) is 7.03. The second-order valence-electron chi connectivity index (χ2n) is 8.76. The predicted octanol–water partition coefficient (Wildman–Crippen LogP) is 2.95. The normalized spacial score (nSPS) is 19.3. The van der Waals surface area contributed by atoms with Gasteiger partial charge in [0.05, 0.1) is 6.54 Å². The summed E-state index contributed by atoms with van der Waals surface area (Å²) in [7, 11) is 1.68. The smallest absolute Gasteiger partial charge is 0.277 e. The highest BCUT2D eigenvalue weighted by Crippen LogP contribution is 2.37. The summed E-state index contributed by atoms with van der Waals surface area (Å²) in [6.45, 7) is 3.07. The van der Waals surface area contributed by atoms with Crippen molar-refractivity contribution in [3.05, 3.63) is 35.7 Å². The first-order valence-electron chi connectivity index (χ1n) is 12.1. The minimum absolute atomic E-state index is 0.105. The lowest BCUT2D eigenvalue weighted by molar-refractivity contribution is -0.123. The Bertz CT molecular complexity index is 1060. The van der Waals surface area contributed by atoms with Gasteiger partial charge in [-0.1, -0.05) is 25.7 Å². The van der Waals surface area contributed by atoms with Crippen LogP contribution in [0.4, 0.5) is 5.69 Å². The third-order valence-corrected chi connectivity index (χ3v) is 6.44. The Hall–Kier alpha value is -3.40. The van der Waals surface area contributed by atoms with E-state index in [1.807, 2.05) is 6.92 Å². The molecular weight excluding hydrogens is 452 g/mol. The number of aldehydes is 1. The Morgan fingerprint density at radius 3 is 2.57 bits per heavy atom. The summed E-state index contributed by atoms with van der Waals surface area (Å²) in [6, 6.07) is 5.95. The summed E-state index contributed by atoms with van der Waals surface area (Å²) < 4.78 is 16.8. The van der Waals surface area contributed by atoms with Crippen molar-refractivity contribution in [3.8, 4) is 11.5 Å². The number of rotatable bonds is 5. The number of anilines is 1. The fourth-order valence-electron chi connectivity index (χ4n) is 4.57. The van der Waals surface area contributed by atoms with Gasteiger partial charge in [0.2, 0.25) is 12.7 Å². The highest BCUT2D eigenvalue weighted by Gasteiger charge is 2.40. The van der Waals surface area contributed by atoms with E-state index in [0.717, 1.165) is 32.3 Å². The summed E-state index contributed by atoms with van der Waals surface area (Å²) in [5.41, 5.74) is 0.979. The molecule has 0 saturated heterocycles. The molecular formula is C25H32N4O6. The lowest BCUT2D eigenvalue weighted by Gasteiger charge is -2.35. The average molecular weight is 485 g/mol. The van der Waals surface area contributed by atoms with E-state index in [0.29, 0.717) is 23.5 Å². The molecule has 188 valence electrons. The molecule has 3 aliphatic rings. The number of methoxy groups -OCH3 is 1. The zero-order chi connectivity index (χ0) is 24.8. The van der Waals surface area contributed by atoms with Crippen LogP contribution in [0.5, 0.6) is 11.5 Å². The van der Waals surface area contributed by atoms with Gasteiger partial charge in [-0.3, -0.25) is 24.0 Å². The Labute approximate surface area is 204 Å². The van der Waals surface area contributed by atoms with Crippen LogP contribution in [0, 0.1) is 0 Å². The van der Waals surface area contributed by atoms with Gasteiger partial charge in [0.1, 0.15) is 17.4 Å². The van der Waals surface area contributed by atoms with E-state index in [9.17, 15) is 14.4 Å². The quantitative estimate of drug-likeness (QED) is 0.513. The molecule has 0 bridgehead atoms. The summed E-state index contributed by atoms with van der Waals surface area (Å²) in [5, 5.41) is 7.33. The van der Waals surface area contributed by atoms with Crippen molar-refractivity contribution >= 4 is 23.8 Å². The molecule has 1 unspecified atom stereocenters. The van der Waals surface area contributed by atoms with Crippen molar-refractivity contribution in [1.29, 1.82) is 0 Å². The maximum atomic E-state index is 13.4. The van der Waals surface area contributed by atoms with Crippen molar-refractivity contribution in [1.82, 2.24) is 15.1 Å². The number of carbonyl (C=O) groups excluding carboxylic acids is 3. The molecule has 1 fully saturated rings. The third kappa shape index (κ3) is 5.48. The highest BCUT2D eigenvalue weighted by molar-refractivity contribution is 6.10. The topological polar surface area (TPSA) is 112 Å². The van der Waals surface area contributed by atoms with Gasteiger partial charge in [0.25, 0.3) is 5.91 Å². The molecule has 10 nitrogen and oxygen atoms in total. The summed E-state index contributed by atoms with van der Waals surface area (Å²) in [5.74, 6) is 0.528. The van der Waals surface area contributed by atoms with E-state index in [4.69, 9.17) is 9.47 Å². The number of amides is 2. The highest BCUT2D eigenvalue weighted by atomic mass is 16.7. The molecule has 35 heavy (non-hydrogen) atoms. The van der Waals surface area contributed by atoms with Gasteiger partial charge < -0.3 is 19.5 Å². The number of nitrogens with zero attached hydrogens (tertiary/aromatic N) is 3. The van der Waals surface area contributed by atoms with Gasteiger partial charge in [-0.15, -0.1) is 0 Å². The largest absolute Gasteiger partial charge is 0.454 e. The molecule has 1 aliphatic carbocycles. The minimum atomic E-state index is -0.789. The Balaban J connectivity index is 0.000000672. The van der Waals surface area contributed by atoms with Crippen molar-refractivity contribution in [2.24, 2.45) is 0 Å². The van der Waals surface area contributed by atoms with Crippen LogP contribution in [0.15, 0.2) is 24.3 Å². The molecule has 1 atom stereocenters. The number of fused-ring (bicyclic) bond motifs is 2. The summed E-state index contributed by atoms with van der Waals surface area (Å²) in [4.78, 5) is 39.4. The second-order valence-corrected chi connectivity index (χ2v) is 8.76. The monoisotopic (exact) mass is 484 g/mol. The molecule has 0 spiro atoms. The first-order valence-corrected chi connectivity index (χ1v) is 12.1. The molecule has 1 aromatic heterocycles. The van der Waals surface area contributed by atoms with Gasteiger partial charge in [-0.05, 0) is 38.0 Å². The van der Waals surface area contributed by atoms with Gasteiger partial charge in [-0.25, -0.2) is 0 Å². The van der Waals surface area contributed by atoms with E-state index >= 15 is 0 Å². The van der Waals surface area contributed by atoms with E-state index < -0.39 is 6.04 Å². The number of ether oxygens (including phenoxy) is 3. The predicted molar refractivity (Wildman–Crippen MR) is 128 cm³/mol. The van der Waals surface area contributed by atoms with E-state index in [1.165, 1.54) is 28.5 Å². The molecule has 2 aromatic rings. The molecule has 1 aromatic carbocycles. The molecule has 3 heterocycles. The van der Waals surface area contributed by atoms with Gasteiger partial charge in [0.15, 0.2) is 17.8 Å². The fraction of sp³-hybridized carbons (Fsp3) is 0.520. The lowest BCUT2D eigenvalue weighted by atomic mass is 10.1. The number of benzene rings is 1. The maximum Gasteiger partial charge on any atom is 0.277 e. The number of hydrogen-bond donors (Lipinski definition) is 1. The Kier molecular flexibility index (Phi) is 8.02. The van der Waals surface area contributed by atoms with Crippen molar-refractivity contribution in [2.75, 3.05) is 25.4 Å². The van der Waals surface area contributed by atoms with Gasteiger partial charge in [0, 0.05) is 31.5 Å². The van der Waals surface area contributed by atoms with Crippen LogP contribution in [0.2, 0.25) is 0 Å². The Morgan fingerprint density at radius 2 is 1.89 bits per heavy atom. The lowest BCUT2D eigenvalue weighted by Crippen LogP contribution is -2.57. The molecule has 1 N–H and O–H groups in total. The zero-order valence-corrected chi connectivity index (χ0v) is 20.2. The van der Waals surface area contributed by atoms with E-state index in [2.05, 4.69) is 15.2 Å². The minimum Gasteiger partial charge on any atom is -0.454 e. The van der Waals surface area contributed by atoms with Crippen LogP contribution < -0.4 is 19.7 Å². The van der Waals surface area contributed by atoms with Crippen LogP contribution >= 0.6 is 0 Å². The van der Waals surface area contributed by atoms with Gasteiger partial charge in [-0.2, -0.15) is 5.10 Å². The fourth-order valence-corrected chi connectivity index (χ4v) is 4.57. The summed E-state index contributed by atoms with van der Waals surface area (Å²) >= 11 is 0. The standard InChI is InChI=1S/C22H24N4O5.C3H8O/c27-12-15-9-17-22(29)26(16-7-8-19-20(10-16)31-13-30-19)18(11-25(17)24-15)21(28)23-14-5-3-1-2-4-6-14;1-3-4-2/h7-10,12,14,18H,1-6,11,13H2,(H,23,28);3H2,1-2H3. The third-order valence-electron chi connectivity index (χ3n) is 6.44. The molecule has 2 amide bonds. The number of carbonyl (C=O) groups is 3. The molecule has 0 radical (unpaired) electrons. The zero-order valence-electron chi connectivity index (χ0n) is 20.2. The van der Waals surface area contributed by atoms with Crippen LogP contribution in [0.1, 0.15) is 66.4 Å². The van der Waals surface area contributed by atoms with Crippen molar-refractivity contribution in [3.63, 3.8) is 0 Å². The molecule has 10 heteroatoms. The van der Waals surface area contributed by atoms with Crippen LogP contribution in [-0.4, -0.2) is 60.5 Å². The second kappa shape index (κ2) is 11.4. The first-order chi connectivity index (χ1) is 17.0. The first kappa shape index (κ1) is 24.7. The van der Waals surface area contributed by atoms with Crippen LogP contribution in [0.3, 0.4) is 0 Å². The maximum absolute atomic E-state index is 13.4. The molecule has 5 rings (SSSR count). The SMILES string of the molecule is CCOC.O=Cc1cc2n(n1)CC(C(=O)NC1CCCCCC1)N(c1ccc3c(c1)OCO3)C2=O. The number of aromatic nitrogens is 2. The van der Waals surface area contributed by atoms with Crippen molar-refractivity contribution < 1.29 is 28.6 Å². The van der Waals surface area contributed by atoms with Gasteiger partial charge >= 0.3 is 0 Å².